The molecule has 3 rings (SSSR count). The number of piperidine rings is 1. The molecule has 0 spiro atoms. The van der Waals surface area contributed by atoms with Crippen molar-refractivity contribution in [1.82, 2.24) is 24.9 Å². The number of hydrogen-bond donors (Lipinski definition) is 1. The van der Waals surface area contributed by atoms with Gasteiger partial charge in [-0.2, -0.15) is 14.6 Å². The molecule has 0 atom stereocenters. The van der Waals surface area contributed by atoms with Crippen LogP contribution in [0.25, 0.3) is 5.78 Å². The van der Waals surface area contributed by atoms with E-state index in [1.54, 1.807) is 6.33 Å². The van der Waals surface area contributed by atoms with Gasteiger partial charge in [-0.25, -0.2) is 4.98 Å². The highest BCUT2D eigenvalue weighted by Crippen LogP contribution is 2.27. The number of rotatable bonds is 3. The van der Waals surface area contributed by atoms with Crippen molar-refractivity contribution in [3.63, 3.8) is 0 Å². The summed E-state index contributed by atoms with van der Waals surface area (Å²) < 4.78 is 1.85. The highest BCUT2D eigenvalue weighted by Gasteiger charge is 2.21. The van der Waals surface area contributed by atoms with Crippen molar-refractivity contribution >= 4 is 11.6 Å². The Labute approximate surface area is 119 Å². The molecule has 0 unspecified atom stereocenters. The third-order valence-corrected chi connectivity index (χ3v) is 4.08. The maximum atomic E-state index is 4.59. The van der Waals surface area contributed by atoms with E-state index in [9.17, 15) is 0 Å². The zero-order valence-corrected chi connectivity index (χ0v) is 12.4. The second kappa shape index (κ2) is 5.36. The van der Waals surface area contributed by atoms with E-state index in [-0.39, 0.29) is 0 Å². The van der Waals surface area contributed by atoms with Crippen LogP contribution in [0.1, 0.15) is 24.1 Å². The largest absolute Gasteiger partial charge is 0.362 e. The third kappa shape index (κ3) is 2.35. The van der Waals surface area contributed by atoms with Gasteiger partial charge in [0.15, 0.2) is 0 Å². The minimum Gasteiger partial charge on any atom is -0.362 e. The van der Waals surface area contributed by atoms with Crippen LogP contribution in [0.4, 0.5) is 5.82 Å². The molecule has 0 amide bonds. The molecule has 1 fully saturated rings. The Morgan fingerprint density at radius 3 is 2.80 bits per heavy atom. The number of nitrogens with one attached hydrogen (secondary N) is 1. The summed E-state index contributed by atoms with van der Waals surface area (Å²) in [7, 11) is 4.11. The molecule has 108 valence electrons. The van der Waals surface area contributed by atoms with Gasteiger partial charge in [-0.15, -0.1) is 0 Å². The van der Waals surface area contributed by atoms with Crippen molar-refractivity contribution in [1.29, 1.82) is 0 Å². The van der Waals surface area contributed by atoms with Gasteiger partial charge in [0, 0.05) is 25.4 Å². The minimum absolute atomic E-state index is 0.681. The highest BCUT2D eigenvalue weighted by atomic mass is 15.4. The molecule has 0 saturated carbocycles. The molecule has 2 aromatic heterocycles. The van der Waals surface area contributed by atoms with E-state index in [1.807, 2.05) is 4.52 Å². The average Bonchev–Trinajstić information content (AvgIpc) is 2.87. The standard InChI is InChI=1S/C14H22N6/c1-10-12(8-11-4-6-15-7-5-11)13(19(2)3)20-14(18-10)16-9-17-20/h9,11,15H,4-8H2,1-3H3. The van der Waals surface area contributed by atoms with E-state index in [0.717, 1.165) is 36.9 Å². The lowest BCUT2D eigenvalue weighted by Crippen LogP contribution is -2.29. The van der Waals surface area contributed by atoms with Crippen LogP contribution in [-0.2, 0) is 6.42 Å². The van der Waals surface area contributed by atoms with E-state index < -0.39 is 0 Å². The predicted octanol–water partition coefficient (Wildman–Crippen LogP) is 1.04. The minimum atomic E-state index is 0.681. The molecule has 0 bridgehead atoms. The van der Waals surface area contributed by atoms with Crippen LogP contribution in [-0.4, -0.2) is 46.8 Å². The van der Waals surface area contributed by atoms with Crippen LogP contribution < -0.4 is 10.2 Å². The molecule has 6 nitrogen and oxygen atoms in total. The summed E-state index contributed by atoms with van der Waals surface area (Å²) >= 11 is 0. The lowest BCUT2D eigenvalue weighted by atomic mass is 9.90. The van der Waals surface area contributed by atoms with Gasteiger partial charge in [0.1, 0.15) is 12.1 Å². The van der Waals surface area contributed by atoms with Crippen LogP contribution in [0.2, 0.25) is 0 Å². The Bertz CT molecular complexity index is 597. The van der Waals surface area contributed by atoms with Gasteiger partial charge < -0.3 is 10.2 Å². The summed E-state index contributed by atoms with van der Waals surface area (Å²) in [4.78, 5) is 10.9. The van der Waals surface area contributed by atoms with Crippen molar-refractivity contribution in [3.05, 3.63) is 17.6 Å². The number of aryl methyl sites for hydroxylation is 1. The van der Waals surface area contributed by atoms with Gasteiger partial charge in [-0.3, -0.25) is 0 Å². The predicted molar refractivity (Wildman–Crippen MR) is 79.1 cm³/mol. The monoisotopic (exact) mass is 274 g/mol. The van der Waals surface area contributed by atoms with Crippen LogP contribution in [0.3, 0.4) is 0 Å². The Hall–Kier alpha value is -1.69. The van der Waals surface area contributed by atoms with Crippen LogP contribution in [0.15, 0.2) is 6.33 Å². The molecule has 2 aromatic rings. The summed E-state index contributed by atoms with van der Waals surface area (Å²) in [6, 6.07) is 0. The Morgan fingerprint density at radius 2 is 2.10 bits per heavy atom. The lowest BCUT2D eigenvalue weighted by Gasteiger charge is -2.26. The van der Waals surface area contributed by atoms with Gasteiger partial charge in [0.25, 0.3) is 5.78 Å². The lowest BCUT2D eigenvalue weighted by molar-refractivity contribution is 0.371. The molecule has 6 heteroatoms. The van der Waals surface area contributed by atoms with Gasteiger partial charge in [0.2, 0.25) is 0 Å². The second-order valence-electron chi connectivity index (χ2n) is 5.76. The first-order valence-corrected chi connectivity index (χ1v) is 7.24. The molecule has 0 aromatic carbocycles. The van der Waals surface area contributed by atoms with Crippen molar-refractivity contribution in [2.24, 2.45) is 5.92 Å². The number of hydrogen-bond acceptors (Lipinski definition) is 5. The number of fused-ring (bicyclic) bond motifs is 1. The van der Waals surface area contributed by atoms with Crippen molar-refractivity contribution < 1.29 is 0 Å². The summed E-state index contributed by atoms with van der Waals surface area (Å²) in [5, 5.41) is 7.75. The Morgan fingerprint density at radius 1 is 1.35 bits per heavy atom. The smallest absolute Gasteiger partial charge is 0.254 e. The Kier molecular flexibility index (Phi) is 3.56. The molecule has 0 aliphatic carbocycles. The SMILES string of the molecule is Cc1nc2ncnn2c(N(C)C)c1CC1CCNCC1. The van der Waals surface area contributed by atoms with Crippen LogP contribution in [0, 0.1) is 12.8 Å². The van der Waals surface area contributed by atoms with Gasteiger partial charge in [0.05, 0.1) is 0 Å². The fourth-order valence-corrected chi connectivity index (χ4v) is 3.04. The van der Waals surface area contributed by atoms with Crippen molar-refractivity contribution in [3.8, 4) is 0 Å². The second-order valence-corrected chi connectivity index (χ2v) is 5.76. The van der Waals surface area contributed by atoms with E-state index in [0.29, 0.717) is 5.78 Å². The van der Waals surface area contributed by atoms with E-state index in [4.69, 9.17) is 0 Å². The fraction of sp³-hybridized carbons (Fsp3) is 0.643. The van der Waals surface area contributed by atoms with Gasteiger partial charge in [-0.05, 0) is 45.2 Å². The fourth-order valence-electron chi connectivity index (χ4n) is 3.04. The van der Waals surface area contributed by atoms with E-state index in [1.165, 1.54) is 18.4 Å². The maximum Gasteiger partial charge on any atom is 0.254 e. The van der Waals surface area contributed by atoms with Gasteiger partial charge in [-0.1, -0.05) is 0 Å². The Balaban J connectivity index is 2.03. The summed E-state index contributed by atoms with van der Waals surface area (Å²) in [6.07, 6.45) is 5.12. The van der Waals surface area contributed by atoms with Crippen LogP contribution in [0.5, 0.6) is 0 Å². The van der Waals surface area contributed by atoms with Crippen LogP contribution >= 0.6 is 0 Å². The van der Waals surface area contributed by atoms with Gasteiger partial charge >= 0.3 is 0 Å². The summed E-state index contributed by atoms with van der Waals surface area (Å²) in [6.45, 7) is 4.33. The zero-order valence-electron chi connectivity index (χ0n) is 12.4. The number of nitrogens with zero attached hydrogens (tertiary/aromatic N) is 5. The molecule has 1 aliphatic rings. The number of anilines is 1. The third-order valence-electron chi connectivity index (χ3n) is 4.08. The molecule has 1 saturated heterocycles. The van der Waals surface area contributed by atoms with Crippen molar-refractivity contribution in [2.45, 2.75) is 26.2 Å². The normalized spacial score (nSPS) is 16.8. The first-order chi connectivity index (χ1) is 9.66. The average molecular weight is 274 g/mol. The topological polar surface area (TPSA) is 58.4 Å². The van der Waals surface area contributed by atoms with E-state index in [2.05, 4.69) is 46.3 Å². The number of aromatic nitrogens is 4. The molecule has 1 aliphatic heterocycles. The van der Waals surface area contributed by atoms with Crippen molar-refractivity contribution in [2.75, 3.05) is 32.1 Å². The molecule has 20 heavy (non-hydrogen) atoms. The maximum absolute atomic E-state index is 4.59. The molecular weight excluding hydrogens is 252 g/mol. The first-order valence-electron chi connectivity index (χ1n) is 7.24. The highest BCUT2D eigenvalue weighted by molar-refractivity contribution is 5.53. The molecule has 1 N–H and O–H groups in total. The molecular formula is C14H22N6. The summed E-state index contributed by atoms with van der Waals surface area (Å²) in [5.74, 6) is 2.53. The quantitative estimate of drug-likeness (QED) is 0.906. The summed E-state index contributed by atoms with van der Waals surface area (Å²) in [5.41, 5.74) is 2.38. The zero-order chi connectivity index (χ0) is 14.1. The first kappa shape index (κ1) is 13.3. The molecule has 0 radical (unpaired) electrons. The van der Waals surface area contributed by atoms with E-state index >= 15 is 0 Å². The molecule has 3 heterocycles.